The van der Waals surface area contributed by atoms with E-state index in [1.807, 2.05) is 6.08 Å². The Kier molecular flexibility index (Phi) is 5.36. The Morgan fingerprint density at radius 1 is 1.33 bits per heavy atom. The van der Waals surface area contributed by atoms with Crippen molar-refractivity contribution in [2.45, 2.75) is 43.9 Å². The van der Waals surface area contributed by atoms with E-state index >= 15 is 0 Å². The molecule has 1 saturated carbocycles. The van der Waals surface area contributed by atoms with E-state index in [2.05, 4.69) is 5.32 Å². The first-order valence-corrected chi connectivity index (χ1v) is 7.46. The molecule has 21 heavy (non-hydrogen) atoms. The van der Waals surface area contributed by atoms with Gasteiger partial charge in [-0.3, -0.25) is 9.59 Å². The minimum Gasteiger partial charge on any atom is -0.394 e. The predicted octanol–water partition coefficient (Wildman–Crippen LogP) is 0.0655. The van der Waals surface area contributed by atoms with E-state index in [0.717, 1.165) is 19.3 Å². The average Bonchev–Trinajstić information content (AvgIpc) is 2.38. The van der Waals surface area contributed by atoms with Gasteiger partial charge in [0, 0.05) is 20.0 Å². The summed E-state index contributed by atoms with van der Waals surface area (Å²) in [6.07, 6.45) is 5.98. The van der Waals surface area contributed by atoms with E-state index in [9.17, 15) is 14.7 Å². The van der Waals surface area contributed by atoms with Crippen LogP contribution >= 0.6 is 0 Å². The summed E-state index contributed by atoms with van der Waals surface area (Å²) >= 11 is 0. The van der Waals surface area contributed by atoms with Gasteiger partial charge < -0.3 is 20.1 Å². The molecule has 118 valence electrons. The molecular formula is C15H24N2O4. The monoisotopic (exact) mass is 296 g/mol. The number of carbonyl (C=O) groups is 2. The van der Waals surface area contributed by atoms with Gasteiger partial charge >= 0.3 is 0 Å². The molecule has 1 fully saturated rings. The fraction of sp³-hybridized carbons (Fsp3) is 0.733. The van der Waals surface area contributed by atoms with E-state index < -0.39 is 6.10 Å². The molecule has 3 atom stereocenters. The predicted molar refractivity (Wildman–Crippen MR) is 77.5 cm³/mol. The lowest BCUT2D eigenvalue weighted by molar-refractivity contribution is -0.135. The number of hydrogen-bond donors (Lipinski definition) is 2. The zero-order valence-electron chi connectivity index (χ0n) is 12.6. The Morgan fingerprint density at radius 3 is 2.57 bits per heavy atom. The molecule has 2 aliphatic rings. The summed E-state index contributed by atoms with van der Waals surface area (Å²) in [5.41, 5.74) is 0. The van der Waals surface area contributed by atoms with Crippen molar-refractivity contribution >= 4 is 11.8 Å². The summed E-state index contributed by atoms with van der Waals surface area (Å²) in [5, 5.41) is 12.4. The summed E-state index contributed by atoms with van der Waals surface area (Å²) < 4.78 is 5.70. The summed E-state index contributed by atoms with van der Waals surface area (Å²) in [6.45, 7) is -0.188. The van der Waals surface area contributed by atoms with E-state index in [4.69, 9.17) is 4.74 Å². The largest absolute Gasteiger partial charge is 0.394 e. The molecule has 1 aliphatic carbocycles. The van der Waals surface area contributed by atoms with Crippen LogP contribution in [-0.2, 0) is 14.3 Å². The van der Waals surface area contributed by atoms with Crippen molar-refractivity contribution in [1.29, 1.82) is 0 Å². The van der Waals surface area contributed by atoms with E-state index in [-0.39, 0.29) is 42.9 Å². The van der Waals surface area contributed by atoms with Crippen LogP contribution in [0.25, 0.3) is 0 Å². The minimum atomic E-state index is -0.501. The molecule has 1 aliphatic heterocycles. The number of ether oxygens (including phenoxy) is 1. The highest BCUT2D eigenvalue weighted by molar-refractivity contribution is 5.80. The van der Waals surface area contributed by atoms with Crippen LogP contribution in [0, 0.1) is 5.92 Å². The van der Waals surface area contributed by atoms with Crippen LogP contribution in [0.1, 0.15) is 25.7 Å². The molecule has 0 saturated heterocycles. The summed E-state index contributed by atoms with van der Waals surface area (Å²) in [7, 11) is 3.39. The average molecular weight is 296 g/mol. The fourth-order valence-electron chi connectivity index (χ4n) is 2.44. The van der Waals surface area contributed by atoms with Crippen molar-refractivity contribution < 1.29 is 19.4 Å². The number of carbonyl (C=O) groups excluding carboxylic acids is 2. The molecule has 6 nitrogen and oxygen atoms in total. The number of aliphatic hydroxyl groups is 1. The molecule has 0 radical (unpaired) electrons. The van der Waals surface area contributed by atoms with Crippen LogP contribution in [0.15, 0.2) is 12.2 Å². The normalized spacial score (nSPS) is 28.8. The van der Waals surface area contributed by atoms with Crippen molar-refractivity contribution in [2.75, 3.05) is 20.7 Å². The number of hydrogen-bond acceptors (Lipinski definition) is 4. The maximum Gasteiger partial charge on any atom is 0.224 e. The van der Waals surface area contributed by atoms with Crippen molar-refractivity contribution in [2.24, 2.45) is 5.92 Å². The van der Waals surface area contributed by atoms with Crippen LogP contribution in [0.4, 0.5) is 0 Å². The van der Waals surface area contributed by atoms with Gasteiger partial charge in [0.2, 0.25) is 11.8 Å². The third-order valence-corrected chi connectivity index (χ3v) is 4.12. The number of nitrogens with zero attached hydrogens (tertiary/aromatic N) is 1. The number of amides is 2. The summed E-state index contributed by atoms with van der Waals surface area (Å²) in [5.74, 6) is 0.102. The molecule has 2 amide bonds. The van der Waals surface area contributed by atoms with Gasteiger partial charge in [0.1, 0.15) is 6.10 Å². The Hall–Kier alpha value is -1.40. The minimum absolute atomic E-state index is 0.0285. The van der Waals surface area contributed by atoms with Crippen LogP contribution < -0.4 is 5.32 Å². The van der Waals surface area contributed by atoms with Crippen molar-refractivity contribution in [3.8, 4) is 0 Å². The third-order valence-electron chi connectivity index (χ3n) is 4.12. The van der Waals surface area contributed by atoms with E-state index in [1.165, 1.54) is 4.90 Å². The van der Waals surface area contributed by atoms with Crippen molar-refractivity contribution in [1.82, 2.24) is 10.2 Å². The van der Waals surface area contributed by atoms with E-state index in [1.54, 1.807) is 20.2 Å². The summed E-state index contributed by atoms with van der Waals surface area (Å²) in [6, 6.07) is -0.325. The second kappa shape index (κ2) is 7.04. The van der Waals surface area contributed by atoms with Gasteiger partial charge in [-0.05, 0) is 12.8 Å². The highest BCUT2D eigenvalue weighted by atomic mass is 16.5. The maximum absolute atomic E-state index is 12.0. The Balaban J connectivity index is 1.91. The molecule has 0 unspecified atom stereocenters. The molecule has 0 spiro atoms. The lowest BCUT2D eigenvalue weighted by atomic mass is 9.84. The first-order valence-electron chi connectivity index (χ1n) is 7.46. The van der Waals surface area contributed by atoms with Crippen LogP contribution in [0.3, 0.4) is 0 Å². The zero-order chi connectivity index (χ0) is 15.4. The lowest BCUT2D eigenvalue weighted by Gasteiger charge is -2.34. The van der Waals surface area contributed by atoms with Gasteiger partial charge in [-0.25, -0.2) is 0 Å². The molecule has 0 aromatic carbocycles. The van der Waals surface area contributed by atoms with Crippen LogP contribution in [0.2, 0.25) is 0 Å². The van der Waals surface area contributed by atoms with E-state index in [0.29, 0.717) is 0 Å². The van der Waals surface area contributed by atoms with Gasteiger partial charge in [0.05, 0.1) is 25.2 Å². The molecule has 0 aromatic heterocycles. The summed E-state index contributed by atoms with van der Waals surface area (Å²) in [4.78, 5) is 25.2. The quantitative estimate of drug-likeness (QED) is 0.704. The zero-order valence-corrected chi connectivity index (χ0v) is 12.6. The molecule has 1 heterocycles. The number of nitrogens with one attached hydrogen (secondary N) is 1. The van der Waals surface area contributed by atoms with Gasteiger partial charge in [0.15, 0.2) is 0 Å². The van der Waals surface area contributed by atoms with Gasteiger partial charge in [-0.1, -0.05) is 18.6 Å². The number of rotatable bonds is 5. The molecule has 0 aromatic rings. The SMILES string of the molecule is CN(C)C(=O)C[C@@H]1C=C[C@H](NC(=O)C2CCC2)[C@H](CO)O1. The molecule has 2 rings (SSSR count). The number of aliphatic hydroxyl groups excluding tert-OH is 1. The molecule has 6 heteroatoms. The van der Waals surface area contributed by atoms with Crippen LogP contribution in [0.5, 0.6) is 0 Å². The standard InChI is InChI=1S/C15H24N2O4/c1-17(2)14(19)8-11-6-7-12(13(9-18)21-11)16-15(20)10-4-3-5-10/h6-7,10-13,18H,3-5,8-9H2,1-2H3,(H,16,20)/t11-,12-,13-/m0/s1. The third kappa shape index (κ3) is 4.04. The lowest BCUT2D eigenvalue weighted by Crippen LogP contribution is -2.51. The highest BCUT2D eigenvalue weighted by Crippen LogP contribution is 2.27. The molecule has 2 N–H and O–H groups in total. The highest BCUT2D eigenvalue weighted by Gasteiger charge is 2.32. The van der Waals surface area contributed by atoms with Crippen molar-refractivity contribution in [3.63, 3.8) is 0 Å². The topological polar surface area (TPSA) is 78.9 Å². The van der Waals surface area contributed by atoms with Gasteiger partial charge in [0.25, 0.3) is 0 Å². The van der Waals surface area contributed by atoms with Crippen LogP contribution in [-0.4, -0.2) is 60.8 Å². The van der Waals surface area contributed by atoms with Crippen molar-refractivity contribution in [3.05, 3.63) is 12.2 Å². The Morgan fingerprint density at radius 2 is 2.05 bits per heavy atom. The second-order valence-corrected chi connectivity index (χ2v) is 5.93. The molecular weight excluding hydrogens is 272 g/mol. The Labute approximate surface area is 125 Å². The Bertz CT molecular complexity index is 418. The maximum atomic E-state index is 12.0. The van der Waals surface area contributed by atoms with Gasteiger partial charge in [-0.15, -0.1) is 0 Å². The smallest absolute Gasteiger partial charge is 0.224 e. The second-order valence-electron chi connectivity index (χ2n) is 5.93. The van der Waals surface area contributed by atoms with Gasteiger partial charge in [-0.2, -0.15) is 0 Å². The fourth-order valence-corrected chi connectivity index (χ4v) is 2.44. The first kappa shape index (κ1) is 16.0. The molecule has 0 bridgehead atoms. The first-order chi connectivity index (χ1) is 10.0.